The molecule has 3 aromatic heterocycles. The largest absolute Gasteiger partial charge is 0.493 e. The Balaban J connectivity index is 1.54. The SMILES string of the molecule is Cc1cc(-c2c(-c3ccccc3)nc(N)n3c(=O)n(Cc4ccccc4OCC4CC4)nc23)cc(C)n1. The highest BCUT2D eigenvalue weighted by molar-refractivity contribution is 5.90. The number of benzene rings is 2. The van der Waals surface area contributed by atoms with Gasteiger partial charge in [0.25, 0.3) is 0 Å². The number of nitrogen functional groups attached to an aromatic ring is 1. The third-order valence-electron chi connectivity index (χ3n) is 6.64. The van der Waals surface area contributed by atoms with Gasteiger partial charge in [-0.3, -0.25) is 4.98 Å². The van der Waals surface area contributed by atoms with Gasteiger partial charge in [0.15, 0.2) is 5.65 Å². The Morgan fingerprint density at radius 2 is 1.65 bits per heavy atom. The summed E-state index contributed by atoms with van der Waals surface area (Å²) >= 11 is 0. The molecule has 37 heavy (non-hydrogen) atoms. The lowest BCUT2D eigenvalue weighted by atomic mass is 9.99. The fraction of sp³-hybridized carbons (Fsp3) is 0.241. The molecule has 1 fully saturated rings. The van der Waals surface area contributed by atoms with E-state index in [1.807, 2.05) is 80.6 Å². The summed E-state index contributed by atoms with van der Waals surface area (Å²) in [4.78, 5) is 22.8. The van der Waals surface area contributed by atoms with E-state index in [0.717, 1.165) is 39.4 Å². The molecule has 8 heteroatoms. The van der Waals surface area contributed by atoms with Gasteiger partial charge in [-0.15, -0.1) is 5.10 Å². The quantitative estimate of drug-likeness (QED) is 0.355. The summed E-state index contributed by atoms with van der Waals surface area (Å²) in [5, 5.41) is 4.81. The van der Waals surface area contributed by atoms with E-state index in [2.05, 4.69) is 4.98 Å². The van der Waals surface area contributed by atoms with Crippen LogP contribution in [-0.2, 0) is 6.54 Å². The molecule has 6 rings (SSSR count). The minimum Gasteiger partial charge on any atom is -0.493 e. The molecule has 186 valence electrons. The first-order valence-electron chi connectivity index (χ1n) is 12.5. The van der Waals surface area contributed by atoms with Gasteiger partial charge < -0.3 is 10.5 Å². The molecule has 8 nitrogen and oxygen atoms in total. The molecule has 0 bridgehead atoms. The van der Waals surface area contributed by atoms with Crippen LogP contribution < -0.4 is 16.2 Å². The monoisotopic (exact) mass is 492 g/mol. The number of para-hydroxylation sites is 1. The molecule has 3 heterocycles. The van der Waals surface area contributed by atoms with Crippen LogP contribution in [0.5, 0.6) is 5.75 Å². The highest BCUT2D eigenvalue weighted by Gasteiger charge is 2.24. The van der Waals surface area contributed by atoms with Crippen LogP contribution in [0, 0.1) is 19.8 Å². The Bertz CT molecular complexity index is 1650. The number of rotatable bonds is 7. The summed E-state index contributed by atoms with van der Waals surface area (Å²) in [6.07, 6.45) is 2.42. The van der Waals surface area contributed by atoms with Crippen molar-refractivity contribution >= 4 is 11.6 Å². The lowest BCUT2D eigenvalue weighted by Gasteiger charge is -2.13. The molecule has 2 N–H and O–H groups in total. The number of hydrogen-bond acceptors (Lipinski definition) is 6. The molecule has 1 aliphatic carbocycles. The summed E-state index contributed by atoms with van der Waals surface area (Å²) < 4.78 is 8.90. The van der Waals surface area contributed by atoms with Crippen LogP contribution in [-0.4, -0.2) is 30.8 Å². The highest BCUT2D eigenvalue weighted by Crippen LogP contribution is 2.35. The number of aromatic nitrogens is 5. The third-order valence-corrected chi connectivity index (χ3v) is 6.64. The van der Waals surface area contributed by atoms with Crippen LogP contribution in [0.1, 0.15) is 29.8 Å². The number of aryl methyl sites for hydroxylation is 2. The van der Waals surface area contributed by atoms with E-state index in [9.17, 15) is 4.79 Å². The zero-order valence-electron chi connectivity index (χ0n) is 20.9. The average Bonchev–Trinajstić information content (AvgIpc) is 3.66. The summed E-state index contributed by atoms with van der Waals surface area (Å²) in [6, 6.07) is 21.6. The predicted octanol–water partition coefficient (Wildman–Crippen LogP) is 4.66. The van der Waals surface area contributed by atoms with Gasteiger partial charge in [0, 0.05) is 22.5 Å². The van der Waals surface area contributed by atoms with Gasteiger partial charge in [0.1, 0.15) is 5.75 Å². The molecule has 2 aromatic carbocycles. The van der Waals surface area contributed by atoms with Crippen LogP contribution in [0.3, 0.4) is 0 Å². The first-order chi connectivity index (χ1) is 18.0. The van der Waals surface area contributed by atoms with E-state index >= 15 is 0 Å². The van der Waals surface area contributed by atoms with Gasteiger partial charge in [-0.25, -0.2) is 18.9 Å². The number of fused-ring (bicyclic) bond motifs is 1. The second kappa shape index (κ2) is 9.20. The van der Waals surface area contributed by atoms with Crippen molar-refractivity contribution in [1.29, 1.82) is 0 Å². The van der Waals surface area contributed by atoms with Gasteiger partial charge in [-0.2, -0.15) is 0 Å². The molecule has 0 unspecified atom stereocenters. The molecule has 0 amide bonds. The second-order valence-electron chi connectivity index (χ2n) is 9.66. The van der Waals surface area contributed by atoms with E-state index in [0.29, 0.717) is 23.9 Å². The Labute approximate surface area is 214 Å². The smallest absolute Gasteiger partial charge is 0.353 e. The maximum atomic E-state index is 13.6. The topological polar surface area (TPSA) is 100 Å². The van der Waals surface area contributed by atoms with E-state index in [-0.39, 0.29) is 18.2 Å². The zero-order valence-corrected chi connectivity index (χ0v) is 20.9. The number of pyridine rings is 1. The molecule has 0 atom stereocenters. The van der Waals surface area contributed by atoms with Gasteiger partial charge >= 0.3 is 5.69 Å². The minimum absolute atomic E-state index is 0.0922. The molecule has 0 saturated heterocycles. The van der Waals surface area contributed by atoms with Crippen molar-refractivity contribution in [3.8, 4) is 28.1 Å². The summed E-state index contributed by atoms with van der Waals surface area (Å²) in [5.74, 6) is 1.49. The van der Waals surface area contributed by atoms with Crippen molar-refractivity contribution < 1.29 is 4.74 Å². The van der Waals surface area contributed by atoms with Crippen LogP contribution >= 0.6 is 0 Å². The van der Waals surface area contributed by atoms with Gasteiger partial charge in [0.05, 0.1) is 24.4 Å². The van der Waals surface area contributed by atoms with E-state index in [1.54, 1.807) is 0 Å². The number of anilines is 1. The lowest BCUT2D eigenvalue weighted by Crippen LogP contribution is -2.24. The lowest BCUT2D eigenvalue weighted by molar-refractivity contribution is 0.296. The summed E-state index contributed by atoms with van der Waals surface area (Å²) in [7, 11) is 0. The summed E-state index contributed by atoms with van der Waals surface area (Å²) in [5.41, 5.74) is 12.3. The number of nitrogens with zero attached hydrogens (tertiary/aromatic N) is 5. The van der Waals surface area contributed by atoms with Crippen LogP contribution in [0.15, 0.2) is 71.5 Å². The van der Waals surface area contributed by atoms with Gasteiger partial charge in [-0.1, -0.05) is 48.5 Å². The molecule has 1 aliphatic rings. The third kappa shape index (κ3) is 4.46. The number of nitrogens with two attached hydrogens (primary N) is 1. The fourth-order valence-electron chi connectivity index (χ4n) is 4.68. The van der Waals surface area contributed by atoms with E-state index < -0.39 is 0 Å². The molecule has 0 radical (unpaired) electrons. The Kier molecular flexibility index (Phi) is 5.71. The summed E-state index contributed by atoms with van der Waals surface area (Å²) in [6.45, 7) is 4.85. The average molecular weight is 493 g/mol. The molecular weight excluding hydrogens is 464 g/mol. The Hall–Kier alpha value is -4.46. The minimum atomic E-state index is -0.347. The molecule has 0 spiro atoms. The van der Waals surface area contributed by atoms with Crippen molar-refractivity contribution in [1.82, 2.24) is 24.1 Å². The zero-order chi connectivity index (χ0) is 25.5. The van der Waals surface area contributed by atoms with Crippen LogP contribution in [0.4, 0.5) is 5.95 Å². The van der Waals surface area contributed by atoms with E-state index in [4.69, 9.17) is 20.6 Å². The van der Waals surface area contributed by atoms with Crippen molar-refractivity contribution in [2.24, 2.45) is 5.92 Å². The Morgan fingerprint density at radius 1 is 0.946 bits per heavy atom. The molecule has 5 aromatic rings. The molecule has 0 aliphatic heterocycles. The van der Waals surface area contributed by atoms with Gasteiger partial charge in [0.2, 0.25) is 5.95 Å². The van der Waals surface area contributed by atoms with Crippen molar-refractivity contribution in [2.45, 2.75) is 33.2 Å². The Morgan fingerprint density at radius 3 is 2.38 bits per heavy atom. The first-order valence-corrected chi connectivity index (χ1v) is 12.5. The maximum absolute atomic E-state index is 13.6. The fourth-order valence-corrected chi connectivity index (χ4v) is 4.68. The van der Waals surface area contributed by atoms with Crippen LogP contribution in [0.2, 0.25) is 0 Å². The van der Waals surface area contributed by atoms with Crippen LogP contribution in [0.25, 0.3) is 28.0 Å². The van der Waals surface area contributed by atoms with Crippen molar-refractivity contribution in [3.05, 3.63) is 94.2 Å². The van der Waals surface area contributed by atoms with Crippen molar-refractivity contribution in [2.75, 3.05) is 12.3 Å². The number of ether oxygens (including phenoxy) is 1. The highest BCUT2D eigenvalue weighted by atomic mass is 16.5. The normalized spacial score (nSPS) is 13.2. The van der Waals surface area contributed by atoms with Crippen molar-refractivity contribution in [3.63, 3.8) is 0 Å². The predicted molar refractivity (Wildman–Crippen MR) is 144 cm³/mol. The molecular formula is C29H28N6O2. The molecule has 1 saturated carbocycles. The second-order valence-corrected chi connectivity index (χ2v) is 9.66. The maximum Gasteiger partial charge on any atom is 0.353 e. The van der Waals surface area contributed by atoms with E-state index in [1.165, 1.54) is 21.9 Å². The first kappa shape index (κ1) is 23.0. The van der Waals surface area contributed by atoms with Gasteiger partial charge in [-0.05, 0) is 56.4 Å². The standard InChI is InChI=1S/C29H28N6O2/c1-18-14-23(15-19(2)31-18)25-26(21-8-4-3-5-9-21)32-28(30)35-27(25)33-34(29(35)36)16-22-10-6-7-11-24(22)37-17-20-12-13-20/h3-11,14-15,20H,12-13,16-17H2,1-2H3,(H2,30,32). The number of hydrogen-bond donors (Lipinski definition) is 1.